The summed E-state index contributed by atoms with van der Waals surface area (Å²) < 4.78 is 0. The Kier molecular flexibility index (Phi) is 4.40. The lowest BCUT2D eigenvalue weighted by atomic mass is 9.99. The van der Waals surface area contributed by atoms with E-state index >= 15 is 0 Å². The topological polar surface area (TPSA) is 49.6 Å². The number of carbonyl (C=O) groups is 1. The van der Waals surface area contributed by atoms with E-state index in [1.165, 1.54) is 32.4 Å². The lowest BCUT2D eigenvalue weighted by Crippen LogP contribution is -2.51. The van der Waals surface area contributed by atoms with Crippen molar-refractivity contribution in [3.63, 3.8) is 0 Å². The predicted molar refractivity (Wildman–Crippen MR) is 68.7 cm³/mol. The molecule has 0 bridgehead atoms. The van der Waals surface area contributed by atoms with Crippen LogP contribution in [0, 0.1) is 0 Å². The third-order valence-electron chi connectivity index (χ3n) is 4.07. The molecule has 2 heterocycles. The van der Waals surface area contributed by atoms with Crippen LogP contribution in [-0.2, 0) is 4.79 Å². The molecule has 2 N–H and O–H groups in total. The molecule has 0 aliphatic carbocycles. The molecule has 17 heavy (non-hydrogen) atoms. The number of hydrogen-bond donors (Lipinski definition) is 1. The zero-order valence-corrected chi connectivity index (χ0v) is 10.9. The highest BCUT2D eigenvalue weighted by atomic mass is 16.2. The number of rotatable bonds is 2. The molecular weight excluding hydrogens is 214 g/mol. The van der Waals surface area contributed by atoms with Crippen molar-refractivity contribution in [2.75, 3.05) is 26.2 Å². The van der Waals surface area contributed by atoms with Crippen LogP contribution in [0.25, 0.3) is 0 Å². The van der Waals surface area contributed by atoms with Crippen molar-refractivity contribution in [3.8, 4) is 0 Å². The fraction of sp³-hybridized carbons (Fsp3) is 0.923. The third-order valence-corrected chi connectivity index (χ3v) is 4.07. The largest absolute Gasteiger partial charge is 0.341 e. The summed E-state index contributed by atoms with van der Waals surface area (Å²) >= 11 is 0. The average Bonchev–Trinajstić information content (AvgIpc) is 2.39. The Morgan fingerprint density at radius 2 is 1.71 bits per heavy atom. The Hall–Kier alpha value is -0.610. The molecule has 0 radical (unpaired) electrons. The van der Waals surface area contributed by atoms with Crippen LogP contribution in [0.4, 0.5) is 0 Å². The summed E-state index contributed by atoms with van der Waals surface area (Å²) in [6, 6.07) is 0.356. The van der Waals surface area contributed by atoms with E-state index in [4.69, 9.17) is 5.73 Å². The maximum atomic E-state index is 11.8. The summed E-state index contributed by atoms with van der Waals surface area (Å²) in [6.45, 7) is 6.07. The first kappa shape index (κ1) is 12.8. The van der Waals surface area contributed by atoms with Crippen molar-refractivity contribution in [1.29, 1.82) is 0 Å². The lowest BCUT2D eigenvalue weighted by Gasteiger charge is -2.40. The first-order valence-electron chi connectivity index (χ1n) is 6.97. The molecule has 2 rings (SSSR count). The highest BCUT2D eigenvalue weighted by Gasteiger charge is 2.28. The number of piperidine rings is 2. The SMILES string of the molecule is C[C@@H](N)C(=O)N1CCC(N2CCCCC2)CC1. The van der Waals surface area contributed by atoms with E-state index in [-0.39, 0.29) is 11.9 Å². The van der Waals surface area contributed by atoms with Gasteiger partial charge in [-0.05, 0) is 45.7 Å². The van der Waals surface area contributed by atoms with Crippen molar-refractivity contribution in [1.82, 2.24) is 9.80 Å². The summed E-state index contributed by atoms with van der Waals surface area (Å²) in [5.74, 6) is 0.113. The maximum Gasteiger partial charge on any atom is 0.239 e. The molecule has 1 amide bonds. The summed E-state index contributed by atoms with van der Waals surface area (Å²) in [5.41, 5.74) is 5.64. The Labute approximate surface area is 104 Å². The van der Waals surface area contributed by atoms with E-state index in [0.29, 0.717) is 6.04 Å². The van der Waals surface area contributed by atoms with Crippen LogP contribution in [0.1, 0.15) is 39.0 Å². The van der Waals surface area contributed by atoms with E-state index in [9.17, 15) is 4.79 Å². The highest BCUT2D eigenvalue weighted by Crippen LogP contribution is 2.20. The number of hydrogen-bond acceptors (Lipinski definition) is 3. The van der Waals surface area contributed by atoms with Gasteiger partial charge in [0.15, 0.2) is 0 Å². The number of carbonyl (C=O) groups excluding carboxylic acids is 1. The van der Waals surface area contributed by atoms with Gasteiger partial charge in [0, 0.05) is 19.1 Å². The minimum atomic E-state index is -0.346. The predicted octanol–water partition coefficient (Wildman–Crippen LogP) is 0.811. The average molecular weight is 239 g/mol. The van der Waals surface area contributed by atoms with E-state index in [1.54, 1.807) is 6.92 Å². The first-order valence-corrected chi connectivity index (χ1v) is 6.97. The minimum Gasteiger partial charge on any atom is -0.341 e. The second-order valence-electron chi connectivity index (χ2n) is 5.44. The van der Waals surface area contributed by atoms with Gasteiger partial charge in [-0.25, -0.2) is 0 Å². The normalized spacial score (nSPS) is 25.9. The van der Waals surface area contributed by atoms with Gasteiger partial charge in [0.1, 0.15) is 0 Å². The zero-order valence-electron chi connectivity index (χ0n) is 10.9. The van der Waals surface area contributed by atoms with E-state index in [2.05, 4.69) is 4.90 Å². The van der Waals surface area contributed by atoms with Crippen LogP contribution in [0.2, 0.25) is 0 Å². The monoisotopic (exact) mass is 239 g/mol. The highest BCUT2D eigenvalue weighted by molar-refractivity contribution is 5.81. The van der Waals surface area contributed by atoms with Crippen LogP contribution in [0.5, 0.6) is 0 Å². The number of likely N-dealkylation sites (tertiary alicyclic amines) is 2. The standard InChI is InChI=1S/C13H25N3O/c1-11(14)13(17)16-9-5-12(6-10-16)15-7-3-2-4-8-15/h11-12H,2-10,14H2,1H3/t11-/m1/s1. The van der Waals surface area contributed by atoms with Crippen LogP contribution in [-0.4, -0.2) is 54.0 Å². The van der Waals surface area contributed by atoms with Crippen molar-refractivity contribution in [2.24, 2.45) is 5.73 Å². The van der Waals surface area contributed by atoms with Crippen LogP contribution >= 0.6 is 0 Å². The molecule has 0 aromatic heterocycles. The molecule has 2 fully saturated rings. The molecule has 0 aromatic carbocycles. The Morgan fingerprint density at radius 3 is 2.24 bits per heavy atom. The molecule has 98 valence electrons. The molecule has 0 saturated carbocycles. The Morgan fingerprint density at radius 1 is 1.12 bits per heavy atom. The van der Waals surface area contributed by atoms with Crippen LogP contribution in [0.15, 0.2) is 0 Å². The molecular formula is C13H25N3O. The van der Waals surface area contributed by atoms with Gasteiger partial charge in [-0.3, -0.25) is 4.79 Å². The fourth-order valence-corrected chi connectivity index (χ4v) is 3.02. The Balaban J connectivity index is 1.79. The quantitative estimate of drug-likeness (QED) is 0.776. The van der Waals surface area contributed by atoms with Crippen LogP contribution < -0.4 is 5.73 Å². The molecule has 4 nitrogen and oxygen atoms in total. The van der Waals surface area contributed by atoms with Gasteiger partial charge in [0.2, 0.25) is 5.91 Å². The molecule has 0 spiro atoms. The number of amides is 1. The fourth-order valence-electron chi connectivity index (χ4n) is 3.02. The van der Waals surface area contributed by atoms with Crippen molar-refractivity contribution < 1.29 is 4.79 Å². The Bertz CT molecular complexity index is 253. The van der Waals surface area contributed by atoms with Gasteiger partial charge >= 0.3 is 0 Å². The molecule has 2 saturated heterocycles. The lowest BCUT2D eigenvalue weighted by molar-refractivity contribution is -0.133. The second-order valence-corrected chi connectivity index (χ2v) is 5.44. The van der Waals surface area contributed by atoms with Gasteiger partial charge in [-0.15, -0.1) is 0 Å². The van der Waals surface area contributed by atoms with Crippen LogP contribution in [0.3, 0.4) is 0 Å². The number of nitrogens with zero attached hydrogens (tertiary/aromatic N) is 2. The van der Waals surface area contributed by atoms with Crippen molar-refractivity contribution in [2.45, 2.75) is 51.1 Å². The zero-order chi connectivity index (χ0) is 12.3. The molecule has 0 unspecified atom stereocenters. The number of nitrogens with two attached hydrogens (primary N) is 1. The summed E-state index contributed by atoms with van der Waals surface area (Å²) in [4.78, 5) is 16.3. The van der Waals surface area contributed by atoms with E-state index in [1.807, 2.05) is 4.90 Å². The van der Waals surface area contributed by atoms with E-state index in [0.717, 1.165) is 25.9 Å². The van der Waals surface area contributed by atoms with Gasteiger partial charge in [-0.2, -0.15) is 0 Å². The van der Waals surface area contributed by atoms with Crippen molar-refractivity contribution in [3.05, 3.63) is 0 Å². The molecule has 1 atom stereocenters. The first-order chi connectivity index (χ1) is 8.18. The molecule has 4 heteroatoms. The summed E-state index contributed by atoms with van der Waals surface area (Å²) in [7, 11) is 0. The molecule has 2 aliphatic heterocycles. The third kappa shape index (κ3) is 3.19. The van der Waals surface area contributed by atoms with Gasteiger partial charge in [0.25, 0.3) is 0 Å². The molecule has 2 aliphatic rings. The second kappa shape index (κ2) is 5.83. The smallest absolute Gasteiger partial charge is 0.239 e. The molecule has 0 aromatic rings. The van der Waals surface area contributed by atoms with Crippen molar-refractivity contribution >= 4 is 5.91 Å². The van der Waals surface area contributed by atoms with Gasteiger partial charge < -0.3 is 15.5 Å². The minimum absolute atomic E-state index is 0.113. The maximum absolute atomic E-state index is 11.8. The van der Waals surface area contributed by atoms with E-state index < -0.39 is 0 Å². The summed E-state index contributed by atoms with van der Waals surface area (Å²) in [5, 5.41) is 0. The summed E-state index contributed by atoms with van der Waals surface area (Å²) in [6.07, 6.45) is 6.33. The van der Waals surface area contributed by atoms with Gasteiger partial charge in [0.05, 0.1) is 6.04 Å². The van der Waals surface area contributed by atoms with Gasteiger partial charge in [-0.1, -0.05) is 6.42 Å².